The van der Waals surface area contributed by atoms with Crippen LogP contribution in [0.5, 0.6) is 0 Å². The van der Waals surface area contributed by atoms with Gasteiger partial charge in [-0.3, -0.25) is 4.98 Å². The molecule has 0 saturated heterocycles. The molecule has 0 atom stereocenters. The van der Waals surface area contributed by atoms with Crippen molar-refractivity contribution in [3.8, 4) is 0 Å². The van der Waals surface area contributed by atoms with Gasteiger partial charge in [0, 0.05) is 12.4 Å². The smallest absolute Gasteiger partial charge is 0.339 e. The summed E-state index contributed by atoms with van der Waals surface area (Å²) in [5.74, 6) is -0.373. The minimum Gasteiger partial charge on any atom is -0.465 e. The van der Waals surface area contributed by atoms with Gasteiger partial charge in [0.1, 0.15) is 0 Å². The van der Waals surface area contributed by atoms with E-state index >= 15 is 0 Å². The zero-order chi connectivity index (χ0) is 14.7. The molecule has 0 fully saturated rings. The van der Waals surface area contributed by atoms with E-state index in [4.69, 9.17) is 9.16 Å². The third kappa shape index (κ3) is 3.88. The summed E-state index contributed by atoms with van der Waals surface area (Å²) in [4.78, 5) is 15.6. The normalized spacial score (nSPS) is 12.3. The zero-order valence-electron chi connectivity index (χ0n) is 12.6. The molecule has 1 heterocycles. The fourth-order valence-electron chi connectivity index (χ4n) is 1.32. The van der Waals surface area contributed by atoms with Gasteiger partial charge in [-0.15, -0.1) is 0 Å². The maximum Gasteiger partial charge on any atom is 0.339 e. The minimum absolute atomic E-state index is 0.144. The minimum atomic E-state index is -1.83. The molecule has 0 amide bonds. The largest absolute Gasteiger partial charge is 0.465 e. The number of ether oxygens (including phenoxy) is 1. The molecule has 19 heavy (non-hydrogen) atoms. The summed E-state index contributed by atoms with van der Waals surface area (Å²) in [6.45, 7) is 11.4. The predicted octanol–water partition coefficient (Wildman–Crippen LogP) is 3.39. The molecule has 1 rings (SSSR count). The molecular weight excluding hydrogens is 258 g/mol. The highest BCUT2D eigenvalue weighted by atomic mass is 28.4. The first kappa shape index (κ1) is 15.9. The molecule has 0 bridgehead atoms. The number of carbonyl (C=O) groups excluding carboxylic acids is 1. The molecule has 1 aromatic rings. The van der Waals surface area contributed by atoms with Crippen LogP contribution in [0.4, 0.5) is 0 Å². The monoisotopic (exact) mass is 281 g/mol. The van der Waals surface area contributed by atoms with E-state index in [-0.39, 0.29) is 11.0 Å². The van der Waals surface area contributed by atoms with Crippen LogP contribution < -0.4 is 0 Å². The van der Waals surface area contributed by atoms with E-state index in [1.807, 2.05) is 0 Å². The van der Waals surface area contributed by atoms with Crippen LogP contribution in [0.25, 0.3) is 0 Å². The summed E-state index contributed by atoms with van der Waals surface area (Å²) in [6.07, 6.45) is 3.19. The highest BCUT2D eigenvalue weighted by Crippen LogP contribution is 2.37. The van der Waals surface area contributed by atoms with Gasteiger partial charge in [0.25, 0.3) is 0 Å². The Morgan fingerprint density at radius 1 is 1.37 bits per heavy atom. The maximum atomic E-state index is 11.6. The van der Waals surface area contributed by atoms with Crippen LogP contribution in [0, 0.1) is 0 Å². The van der Waals surface area contributed by atoms with E-state index < -0.39 is 8.32 Å². The summed E-state index contributed by atoms with van der Waals surface area (Å²) in [6, 6.07) is 1.80. The Morgan fingerprint density at radius 2 is 2.00 bits per heavy atom. The van der Waals surface area contributed by atoms with E-state index in [0.717, 1.165) is 5.56 Å². The number of esters is 1. The van der Waals surface area contributed by atoms with Crippen molar-refractivity contribution in [3.05, 3.63) is 29.6 Å². The van der Waals surface area contributed by atoms with Gasteiger partial charge < -0.3 is 9.16 Å². The van der Waals surface area contributed by atoms with Crippen LogP contribution in [-0.4, -0.2) is 26.4 Å². The first-order valence-electron chi connectivity index (χ1n) is 6.34. The second-order valence-electron chi connectivity index (χ2n) is 6.07. The number of nitrogens with zero attached hydrogens (tertiary/aromatic N) is 1. The lowest BCUT2D eigenvalue weighted by atomic mass is 10.1. The van der Waals surface area contributed by atoms with E-state index in [1.165, 1.54) is 13.3 Å². The number of aromatic nitrogens is 1. The Kier molecular flexibility index (Phi) is 4.87. The average molecular weight is 281 g/mol. The third-order valence-corrected chi connectivity index (χ3v) is 8.19. The van der Waals surface area contributed by atoms with Crippen molar-refractivity contribution < 1.29 is 14.0 Å². The van der Waals surface area contributed by atoms with Crippen LogP contribution in [0.1, 0.15) is 36.7 Å². The predicted molar refractivity (Wildman–Crippen MR) is 77.6 cm³/mol. The molecule has 0 unspecified atom stereocenters. The van der Waals surface area contributed by atoms with E-state index in [2.05, 4.69) is 38.8 Å². The van der Waals surface area contributed by atoms with Crippen molar-refractivity contribution in [2.75, 3.05) is 7.11 Å². The van der Waals surface area contributed by atoms with Crippen molar-refractivity contribution in [1.29, 1.82) is 0 Å². The molecule has 0 radical (unpaired) electrons. The summed E-state index contributed by atoms with van der Waals surface area (Å²) >= 11 is 0. The molecule has 5 heteroatoms. The van der Waals surface area contributed by atoms with Gasteiger partial charge in [-0.1, -0.05) is 20.8 Å². The fraction of sp³-hybridized carbons (Fsp3) is 0.571. The Bertz CT molecular complexity index is 452. The topological polar surface area (TPSA) is 48.4 Å². The highest BCUT2D eigenvalue weighted by Gasteiger charge is 2.37. The number of hydrogen-bond donors (Lipinski definition) is 0. The molecule has 0 saturated carbocycles. The molecule has 1 aromatic heterocycles. The van der Waals surface area contributed by atoms with Crippen molar-refractivity contribution >= 4 is 14.3 Å². The van der Waals surface area contributed by atoms with Gasteiger partial charge in [0.05, 0.1) is 19.3 Å². The van der Waals surface area contributed by atoms with Crippen LogP contribution in [-0.2, 0) is 15.8 Å². The van der Waals surface area contributed by atoms with Crippen molar-refractivity contribution in [2.24, 2.45) is 0 Å². The Labute approximate surface area is 116 Å². The summed E-state index contributed by atoms with van der Waals surface area (Å²) < 4.78 is 10.9. The summed E-state index contributed by atoms with van der Waals surface area (Å²) in [5, 5.41) is 0.144. The molecule has 106 valence electrons. The van der Waals surface area contributed by atoms with Gasteiger partial charge in [-0.2, -0.15) is 0 Å². The standard InChI is InChI=1S/C14H23NO3Si/c1-14(2,3)19(5,6)18-10-11-7-8-15-9-12(11)13(16)17-4/h7-9H,10H2,1-6H3. The van der Waals surface area contributed by atoms with Crippen molar-refractivity contribution in [2.45, 2.75) is 45.5 Å². The molecule has 0 aliphatic rings. The first-order chi connectivity index (χ1) is 8.69. The third-order valence-electron chi connectivity index (χ3n) is 3.71. The van der Waals surface area contributed by atoms with Gasteiger partial charge in [-0.25, -0.2) is 4.79 Å². The fourth-order valence-corrected chi connectivity index (χ4v) is 2.27. The van der Waals surface area contributed by atoms with E-state index in [9.17, 15) is 4.79 Å². The average Bonchev–Trinajstić information content (AvgIpc) is 2.34. The SMILES string of the molecule is COC(=O)c1cnccc1CO[Si](C)(C)C(C)(C)C. The lowest BCUT2D eigenvalue weighted by Gasteiger charge is -2.36. The van der Waals surface area contributed by atoms with Gasteiger partial charge in [0.2, 0.25) is 0 Å². The summed E-state index contributed by atoms with van der Waals surface area (Å²) in [5.41, 5.74) is 1.30. The molecule has 0 aliphatic carbocycles. The van der Waals surface area contributed by atoms with Gasteiger partial charge in [0.15, 0.2) is 8.32 Å². The molecular formula is C14H23NO3Si. The Balaban J connectivity index is 2.87. The molecule has 0 aliphatic heterocycles. The molecule has 0 aromatic carbocycles. The van der Waals surface area contributed by atoms with Crippen LogP contribution in [0.2, 0.25) is 18.1 Å². The summed E-state index contributed by atoms with van der Waals surface area (Å²) in [7, 11) is -0.459. The quantitative estimate of drug-likeness (QED) is 0.627. The van der Waals surface area contributed by atoms with Crippen LogP contribution >= 0.6 is 0 Å². The number of pyridine rings is 1. The lowest BCUT2D eigenvalue weighted by molar-refractivity contribution is 0.0597. The Hall–Kier alpha value is -1.20. The second kappa shape index (κ2) is 5.84. The molecule has 0 N–H and O–H groups in total. The highest BCUT2D eigenvalue weighted by molar-refractivity contribution is 6.74. The van der Waals surface area contributed by atoms with Crippen molar-refractivity contribution in [1.82, 2.24) is 4.98 Å². The second-order valence-corrected chi connectivity index (χ2v) is 10.9. The number of carbonyl (C=O) groups is 1. The maximum absolute atomic E-state index is 11.6. The van der Waals surface area contributed by atoms with Gasteiger partial charge in [-0.05, 0) is 29.8 Å². The van der Waals surface area contributed by atoms with Gasteiger partial charge >= 0.3 is 5.97 Å². The van der Waals surface area contributed by atoms with Crippen LogP contribution in [0.15, 0.2) is 18.5 Å². The molecule has 0 spiro atoms. The zero-order valence-corrected chi connectivity index (χ0v) is 13.6. The number of methoxy groups -OCH3 is 1. The van der Waals surface area contributed by atoms with E-state index in [1.54, 1.807) is 12.3 Å². The first-order valence-corrected chi connectivity index (χ1v) is 9.25. The molecule has 4 nitrogen and oxygen atoms in total. The number of rotatable bonds is 4. The Morgan fingerprint density at radius 3 is 2.53 bits per heavy atom. The van der Waals surface area contributed by atoms with E-state index in [0.29, 0.717) is 12.2 Å². The number of hydrogen-bond acceptors (Lipinski definition) is 4. The van der Waals surface area contributed by atoms with Crippen LogP contribution in [0.3, 0.4) is 0 Å². The van der Waals surface area contributed by atoms with Crippen molar-refractivity contribution in [3.63, 3.8) is 0 Å². The lowest BCUT2D eigenvalue weighted by Crippen LogP contribution is -2.40.